The molecule has 0 radical (unpaired) electrons. The Labute approximate surface area is 226 Å². The van der Waals surface area contributed by atoms with Crippen LogP contribution >= 0.6 is 11.6 Å². The van der Waals surface area contributed by atoms with E-state index in [1.807, 2.05) is 13.0 Å². The highest BCUT2D eigenvalue weighted by molar-refractivity contribution is 6.31. The van der Waals surface area contributed by atoms with Gasteiger partial charge in [0.2, 0.25) is 5.95 Å². The first-order valence-electron chi connectivity index (χ1n) is 11.6. The maximum Gasteiger partial charge on any atom is 0.417 e. The highest BCUT2D eigenvalue weighted by Gasteiger charge is 2.33. The van der Waals surface area contributed by atoms with Crippen molar-refractivity contribution >= 4 is 52.4 Å². The average molecular weight is 560 g/mol. The summed E-state index contributed by atoms with van der Waals surface area (Å²) in [4.78, 5) is 25.2. The Bertz CT molecular complexity index is 1480. The summed E-state index contributed by atoms with van der Waals surface area (Å²) in [6, 6.07) is 9.14. The molecule has 0 atom stereocenters. The molecule has 3 heterocycles. The first-order chi connectivity index (χ1) is 18.3. The molecule has 0 spiro atoms. The van der Waals surface area contributed by atoms with Crippen molar-refractivity contribution in [3.8, 4) is 0 Å². The van der Waals surface area contributed by atoms with Crippen LogP contribution in [0.15, 0.2) is 48.7 Å². The van der Waals surface area contributed by atoms with Crippen molar-refractivity contribution in [2.24, 2.45) is 0 Å². The predicted molar refractivity (Wildman–Crippen MR) is 144 cm³/mol. The summed E-state index contributed by atoms with van der Waals surface area (Å²) in [5.74, 6) is 1.64. The molecule has 204 valence electrons. The van der Waals surface area contributed by atoms with Crippen molar-refractivity contribution in [3.63, 3.8) is 0 Å². The molecule has 0 saturated heterocycles. The maximum absolute atomic E-state index is 13.0. The van der Waals surface area contributed by atoms with E-state index in [2.05, 4.69) is 67.2 Å². The Kier molecular flexibility index (Phi) is 7.63. The number of aromatic nitrogens is 5. The Balaban J connectivity index is 1.38. The lowest BCUT2D eigenvalue weighted by Crippen LogP contribution is -2.20. The van der Waals surface area contributed by atoms with Crippen LogP contribution in [0.2, 0.25) is 5.02 Å². The summed E-state index contributed by atoms with van der Waals surface area (Å²) >= 11 is 5.61. The molecule has 39 heavy (non-hydrogen) atoms. The zero-order valence-electron chi connectivity index (χ0n) is 21.3. The SMILES string of the molecule is Cc1cc(Nc2cc(C(C)(C)C)[nH]n2)nc(Nc2ccc(NC(=O)Nc3ccc(Cl)c(C(F)(F)F)c3)nc2)n1. The topological polar surface area (TPSA) is 133 Å². The number of carbonyl (C=O) groups excluding carboxylic acids is 1. The summed E-state index contributed by atoms with van der Waals surface area (Å²) < 4.78 is 39.1. The van der Waals surface area contributed by atoms with Crippen LogP contribution in [0.5, 0.6) is 0 Å². The molecule has 0 aliphatic heterocycles. The number of rotatable bonds is 6. The van der Waals surface area contributed by atoms with E-state index >= 15 is 0 Å². The molecule has 3 aromatic heterocycles. The van der Waals surface area contributed by atoms with Crippen LogP contribution in [0.3, 0.4) is 0 Å². The van der Waals surface area contributed by atoms with E-state index in [9.17, 15) is 18.0 Å². The second kappa shape index (κ2) is 10.8. The molecule has 0 aliphatic rings. The molecule has 5 N–H and O–H groups in total. The van der Waals surface area contributed by atoms with Gasteiger partial charge in [0.15, 0.2) is 5.82 Å². The van der Waals surface area contributed by atoms with Gasteiger partial charge in [0.1, 0.15) is 11.6 Å². The van der Waals surface area contributed by atoms with Gasteiger partial charge in [-0.1, -0.05) is 32.4 Å². The number of amides is 2. The molecule has 10 nitrogen and oxygen atoms in total. The number of halogens is 4. The number of hydrogen-bond donors (Lipinski definition) is 5. The van der Waals surface area contributed by atoms with E-state index in [1.165, 1.54) is 18.3 Å². The molecule has 1 aromatic carbocycles. The molecule has 0 unspecified atom stereocenters. The van der Waals surface area contributed by atoms with E-state index in [4.69, 9.17) is 11.6 Å². The second-order valence-electron chi connectivity index (χ2n) is 9.59. The lowest BCUT2D eigenvalue weighted by atomic mass is 9.92. The number of nitrogens with one attached hydrogen (secondary N) is 5. The van der Waals surface area contributed by atoms with Crippen molar-refractivity contribution in [1.82, 2.24) is 25.1 Å². The first kappa shape index (κ1) is 27.6. The number of pyridine rings is 1. The monoisotopic (exact) mass is 559 g/mol. The Morgan fingerprint density at radius 1 is 0.897 bits per heavy atom. The quantitative estimate of drug-likeness (QED) is 0.172. The third-order valence-electron chi connectivity index (χ3n) is 5.29. The van der Waals surface area contributed by atoms with Crippen LogP contribution in [0.1, 0.15) is 37.7 Å². The van der Waals surface area contributed by atoms with Crippen LogP contribution in [0.4, 0.5) is 52.7 Å². The number of hydrogen-bond acceptors (Lipinski definition) is 7. The Hall–Kier alpha value is -4.39. The number of benzene rings is 1. The minimum atomic E-state index is -4.65. The number of urea groups is 1. The fourth-order valence-electron chi connectivity index (χ4n) is 3.36. The number of alkyl halides is 3. The first-order valence-corrected chi connectivity index (χ1v) is 12.0. The van der Waals surface area contributed by atoms with Gasteiger partial charge >= 0.3 is 12.2 Å². The molecule has 0 aliphatic carbocycles. The fourth-order valence-corrected chi connectivity index (χ4v) is 3.58. The van der Waals surface area contributed by atoms with Gasteiger partial charge in [0.25, 0.3) is 0 Å². The third-order valence-corrected chi connectivity index (χ3v) is 5.62. The number of nitrogens with zero attached hydrogens (tertiary/aromatic N) is 4. The Morgan fingerprint density at radius 2 is 1.64 bits per heavy atom. The van der Waals surface area contributed by atoms with Crippen LogP contribution in [-0.4, -0.2) is 31.2 Å². The fraction of sp³-hybridized carbons (Fsp3) is 0.240. The van der Waals surface area contributed by atoms with Gasteiger partial charge in [0.05, 0.1) is 22.5 Å². The highest BCUT2D eigenvalue weighted by atomic mass is 35.5. The van der Waals surface area contributed by atoms with Crippen LogP contribution in [0.25, 0.3) is 0 Å². The minimum Gasteiger partial charge on any atom is -0.323 e. The molecule has 0 bridgehead atoms. The van der Waals surface area contributed by atoms with Crippen LogP contribution in [0, 0.1) is 6.92 Å². The van der Waals surface area contributed by atoms with Gasteiger partial charge in [-0.3, -0.25) is 10.4 Å². The van der Waals surface area contributed by atoms with Gasteiger partial charge in [-0.05, 0) is 37.3 Å². The largest absolute Gasteiger partial charge is 0.417 e. The average Bonchev–Trinajstić information content (AvgIpc) is 3.30. The molecule has 4 rings (SSSR count). The van der Waals surface area contributed by atoms with E-state index in [0.29, 0.717) is 29.0 Å². The van der Waals surface area contributed by atoms with Gasteiger partial charge in [-0.2, -0.15) is 23.3 Å². The lowest BCUT2D eigenvalue weighted by molar-refractivity contribution is -0.137. The zero-order valence-corrected chi connectivity index (χ0v) is 22.1. The summed E-state index contributed by atoms with van der Waals surface area (Å²) in [6.07, 6.45) is -3.20. The van der Waals surface area contributed by atoms with E-state index in [1.54, 1.807) is 12.1 Å². The maximum atomic E-state index is 13.0. The van der Waals surface area contributed by atoms with E-state index in [0.717, 1.165) is 17.8 Å². The number of aromatic amines is 1. The van der Waals surface area contributed by atoms with Gasteiger partial charge < -0.3 is 16.0 Å². The van der Waals surface area contributed by atoms with E-state index in [-0.39, 0.29) is 16.9 Å². The predicted octanol–water partition coefficient (Wildman–Crippen LogP) is 7.00. The third kappa shape index (κ3) is 7.35. The van der Waals surface area contributed by atoms with Crippen LogP contribution in [-0.2, 0) is 11.6 Å². The van der Waals surface area contributed by atoms with Gasteiger partial charge in [-0.25, -0.2) is 14.8 Å². The number of H-pyrrole nitrogens is 1. The molecular weight excluding hydrogens is 535 g/mol. The molecule has 0 saturated carbocycles. The number of carbonyl (C=O) groups is 1. The second-order valence-corrected chi connectivity index (χ2v) is 10.00. The zero-order chi connectivity index (χ0) is 28.4. The Morgan fingerprint density at radius 3 is 2.28 bits per heavy atom. The minimum absolute atomic E-state index is 0.0759. The van der Waals surface area contributed by atoms with Crippen molar-refractivity contribution < 1.29 is 18.0 Å². The van der Waals surface area contributed by atoms with Crippen molar-refractivity contribution in [1.29, 1.82) is 0 Å². The number of aryl methyl sites for hydroxylation is 1. The van der Waals surface area contributed by atoms with E-state index < -0.39 is 22.8 Å². The van der Waals surface area contributed by atoms with Crippen molar-refractivity contribution in [2.45, 2.75) is 39.3 Å². The normalized spacial score (nSPS) is 11.7. The molecule has 4 aromatic rings. The molecular formula is C25H25ClF3N9O. The summed E-state index contributed by atoms with van der Waals surface area (Å²) in [5, 5.41) is 17.8. The highest BCUT2D eigenvalue weighted by Crippen LogP contribution is 2.36. The van der Waals surface area contributed by atoms with Gasteiger partial charge in [0, 0.05) is 34.6 Å². The summed E-state index contributed by atoms with van der Waals surface area (Å²) in [5.41, 5.74) is 1.02. The summed E-state index contributed by atoms with van der Waals surface area (Å²) in [7, 11) is 0. The smallest absolute Gasteiger partial charge is 0.323 e. The lowest BCUT2D eigenvalue weighted by Gasteiger charge is -2.14. The molecule has 2 amide bonds. The van der Waals surface area contributed by atoms with Crippen molar-refractivity contribution in [2.75, 3.05) is 21.3 Å². The molecule has 0 fully saturated rings. The van der Waals surface area contributed by atoms with Crippen LogP contribution < -0.4 is 21.3 Å². The van der Waals surface area contributed by atoms with Crippen molar-refractivity contribution in [3.05, 3.63) is 70.6 Å². The summed E-state index contributed by atoms with van der Waals surface area (Å²) in [6.45, 7) is 8.06. The molecule has 14 heteroatoms. The number of anilines is 6. The standard InChI is InChI=1S/C25H25ClF3N9O/c1-13-9-20(34-21-11-18(37-38-21)24(2,3)4)35-22(31-13)32-15-6-8-19(30-12-15)36-23(39)33-14-5-7-17(26)16(10-14)25(27,28)29/h5-12H,1-4H3,(H2,30,33,36,39)(H3,31,32,34,35,37,38). The van der Waals surface area contributed by atoms with Gasteiger partial charge in [-0.15, -0.1) is 0 Å².